The van der Waals surface area contributed by atoms with Gasteiger partial charge in [-0.3, -0.25) is 0 Å². The number of hydrogen-bond acceptors (Lipinski definition) is 4. The van der Waals surface area contributed by atoms with Crippen LogP contribution in [0.2, 0.25) is 0 Å². The Bertz CT molecular complexity index is 335. The second kappa shape index (κ2) is 2.64. The van der Waals surface area contributed by atoms with Crippen LogP contribution in [0.3, 0.4) is 0 Å². The zero-order valence-corrected chi connectivity index (χ0v) is 6.93. The first-order valence-corrected chi connectivity index (χ1v) is 3.83. The Hall–Kier alpha value is -1.29. The van der Waals surface area contributed by atoms with Gasteiger partial charge in [-0.1, -0.05) is 0 Å². The molecule has 0 spiro atoms. The van der Waals surface area contributed by atoms with E-state index in [1.165, 1.54) is 0 Å². The van der Waals surface area contributed by atoms with Crippen molar-refractivity contribution in [3.63, 3.8) is 0 Å². The van der Waals surface area contributed by atoms with E-state index >= 15 is 0 Å². The molecular weight excluding hydrogens is 176 g/mol. The zero-order valence-electron chi connectivity index (χ0n) is 6.11. The summed E-state index contributed by atoms with van der Waals surface area (Å²) in [4.78, 5) is 0. The Morgan fingerprint density at radius 1 is 1.42 bits per heavy atom. The van der Waals surface area contributed by atoms with Crippen molar-refractivity contribution in [2.24, 2.45) is 0 Å². The molecule has 3 nitrogen and oxygen atoms in total. The molecule has 0 aromatic heterocycles. The highest BCUT2D eigenvalue weighted by atomic mass is 32.1. The Balaban J connectivity index is 2.43. The first-order valence-electron chi connectivity index (χ1n) is 3.42. The SMILES string of the molecule is Oc1ccc2c(c1)COC(=S)O2. The zero-order chi connectivity index (χ0) is 8.55. The summed E-state index contributed by atoms with van der Waals surface area (Å²) in [5.74, 6) is 0.859. The van der Waals surface area contributed by atoms with Crippen molar-refractivity contribution in [2.75, 3.05) is 0 Å². The molecule has 0 saturated heterocycles. The van der Waals surface area contributed by atoms with Crippen LogP contribution in [-0.2, 0) is 11.3 Å². The summed E-state index contributed by atoms with van der Waals surface area (Å²) in [6.07, 6.45) is 0. The van der Waals surface area contributed by atoms with Crippen molar-refractivity contribution in [3.8, 4) is 11.5 Å². The van der Waals surface area contributed by atoms with Crippen molar-refractivity contribution in [2.45, 2.75) is 6.61 Å². The second-order valence-corrected chi connectivity index (χ2v) is 2.77. The van der Waals surface area contributed by atoms with Crippen LogP contribution < -0.4 is 4.74 Å². The van der Waals surface area contributed by atoms with E-state index in [-0.39, 0.29) is 11.0 Å². The van der Waals surface area contributed by atoms with E-state index in [0.29, 0.717) is 12.4 Å². The average molecular weight is 182 g/mol. The molecule has 1 N–H and O–H groups in total. The van der Waals surface area contributed by atoms with Crippen LogP contribution in [0.4, 0.5) is 0 Å². The molecule has 0 bridgehead atoms. The lowest BCUT2D eigenvalue weighted by atomic mass is 10.2. The van der Waals surface area contributed by atoms with Gasteiger partial charge in [0.1, 0.15) is 18.1 Å². The van der Waals surface area contributed by atoms with E-state index in [1.54, 1.807) is 18.2 Å². The Morgan fingerprint density at radius 3 is 3.08 bits per heavy atom. The molecule has 12 heavy (non-hydrogen) atoms. The molecule has 0 atom stereocenters. The fourth-order valence-corrected chi connectivity index (χ4v) is 1.18. The fourth-order valence-electron chi connectivity index (χ4n) is 1.03. The summed E-state index contributed by atoms with van der Waals surface area (Å²) in [6, 6.07) is 4.81. The average Bonchev–Trinajstić information content (AvgIpc) is 2.05. The molecule has 1 aliphatic heterocycles. The van der Waals surface area contributed by atoms with E-state index < -0.39 is 0 Å². The van der Waals surface area contributed by atoms with Crippen LogP contribution in [-0.4, -0.2) is 10.3 Å². The minimum Gasteiger partial charge on any atom is -0.508 e. The van der Waals surface area contributed by atoms with Crippen LogP contribution in [0.15, 0.2) is 18.2 Å². The third kappa shape index (κ3) is 1.21. The quantitative estimate of drug-likeness (QED) is 0.618. The molecule has 1 aliphatic rings. The van der Waals surface area contributed by atoms with Gasteiger partial charge in [0.15, 0.2) is 0 Å². The number of phenols is 1. The number of phenolic OH excluding ortho intramolecular Hbond substituents is 1. The minimum absolute atomic E-state index is 0.133. The van der Waals surface area contributed by atoms with Gasteiger partial charge in [0, 0.05) is 17.8 Å². The van der Waals surface area contributed by atoms with Crippen LogP contribution in [0.1, 0.15) is 5.56 Å². The van der Waals surface area contributed by atoms with Gasteiger partial charge in [-0.25, -0.2) is 0 Å². The first kappa shape index (κ1) is 7.36. The van der Waals surface area contributed by atoms with Gasteiger partial charge in [0.25, 0.3) is 0 Å². The van der Waals surface area contributed by atoms with Gasteiger partial charge >= 0.3 is 5.24 Å². The molecule has 62 valence electrons. The van der Waals surface area contributed by atoms with Crippen LogP contribution in [0, 0.1) is 0 Å². The largest absolute Gasteiger partial charge is 0.508 e. The smallest absolute Gasteiger partial charge is 0.358 e. The summed E-state index contributed by atoms with van der Waals surface area (Å²) in [5.41, 5.74) is 0.809. The molecule has 1 aromatic rings. The molecule has 0 radical (unpaired) electrons. The summed E-state index contributed by atoms with van der Waals surface area (Å²) in [6.45, 7) is 0.364. The van der Waals surface area contributed by atoms with E-state index in [0.717, 1.165) is 5.56 Å². The number of ether oxygens (including phenoxy) is 2. The molecule has 0 amide bonds. The molecule has 4 heteroatoms. The van der Waals surface area contributed by atoms with Gasteiger partial charge in [0.2, 0.25) is 0 Å². The maximum absolute atomic E-state index is 9.11. The molecule has 1 heterocycles. The van der Waals surface area contributed by atoms with Crippen LogP contribution in [0.25, 0.3) is 0 Å². The third-order valence-electron chi connectivity index (χ3n) is 1.58. The lowest BCUT2D eigenvalue weighted by Crippen LogP contribution is -2.16. The number of rotatable bonds is 0. The highest BCUT2D eigenvalue weighted by molar-refractivity contribution is 7.79. The fraction of sp³-hybridized carbons (Fsp3) is 0.125. The predicted octanol–water partition coefficient (Wildman–Crippen LogP) is 1.59. The lowest BCUT2D eigenvalue weighted by Gasteiger charge is -2.17. The highest BCUT2D eigenvalue weighted by Crippen LogP contribution is 2.27. The molecule has 0 fully saturated rings. The summed E-state index contributed by atoms with van der Waals surface area (Å²) < 4.78 is 10.0. The molecule has 2 rings (SSSR count). The van der Waals surface area contributed by atoms with Crippen molar-refractivity contribution in [1.29, 1.82) is 0 Å². The third-order valence-corrected chi connectivity index (χ3v) is 1.78. The molecule has 0 aliphatic carbocycles. The number of aromatic hydroxyl groups is 1. The second-order valence-electron chi connectivity index (χ2n) is 2.43. The van der Waals surface area contributed by atoms with Crippen molar-refractivity contribution in [3.05, 3.63) is 23.8 Å². The minimum atomic E-state index is 0.133. The van der Waals surface area contributed by atoms with E-state index in [2.05, 4.69) is 0 Å². The number of fused-ring (bicyclic) bond motifs is 1. The van der Waals surface area contributed by atoms with Crippen molar-refractivity contribution < 1.29 is 14.6 Å². The van der Waals surface area contributed by atoms with Gasteiger partial charge in [-0.2, -0.15) is 0 Å². The van der Waals surface area contributed by atoms with Gasteiger partial charge in [-0.05, 0) is 18.2 Å². The monoisotopic (exact) mass is 182 g/mol. The maximum atomic E-state index is 9.11. The Labute approximate surface area is 74.5 Å². The van der Waals surface area contributed by atoms with Gasteiger partial charge < -0.3 is 14.6 Å². The number of hydrogen-bond donors (Lipinski definition) is 1. The topological polar surface area (TPSA) is 38.7 Å². The van der Waals surface area contributed by atoms with Crippen molar-refractivity contribution >= 4 is 17.5 Å². The molecule has 0 unspecified atom stereocenters. The Morgan fingerprint density at radius 2 is 2.25 bits per heavy atom. The molecule has 1 aromatic carbocycles. The van der Waals surface area contributed by atoms with Gasteiger partial charge in [0.05, 0.1) is 0 Å². The van der Waals surface area contributed by atoms with E-state index in [4.69, 9.17) is 26.8 Å². The molecular formula is C8H6O3S. The summed E-state index contributed by atoms with van der Waals surface area (Å²) in [7, 11) is 0. The number of thiocarbonyl (C=S) groups is 1. The van der Waals surface area contributed by atoms with Crippen LogP contribution >= 0.6 is 12.2 Å². The lowest BCUT2D eigenvalue weighted by molar-refractivity contribution is 0.210. The molecule has 0 saturated carbocycles. The van der Waals surface area contributed by atoms with Crippen LogP contribution in [0.5, 0.6) is 11.5 Å². The Kier molecular flexibility index (Phi) is 1.62. The number of benzene rings is 1. The normalized spacial score (nSPS) is 14.5. The maximum Gasteiger partial charge on any atom is 0.358 e. The van der Waals surface area contributed by atoms with E-state index in [1.807, 2.05) is 0 Å². The van der Waals surface area contributed by atoms with E-state index in [9.17, 15) is 0 Å². The van der Waals surface area contributed by atoms with Gasteiger partial charge in [-0.15, -0.1) is 0 Å². The standard InChI is InChI=1S/C8H6O3S/c9-6-1-2-7-5(3-6)4-10-8(12)11-7/h1-3,9H,4H2. The predicted molar refractivity (Wildman–Crippen MR) is 46.1 cm³/mol. The summed E-state index contributed by atoms with van der Waals surface area (Å²) in [5, 5.41) is 9.24. The highest BCUT2D eigenvalue weighted by Gasteiger charge is 2.14. The first-order chi connectivity index (χ1) is 5.75. The summed E-state index contributed by atoms with van der Waals surface area (Å²) >= 11 is 4.71. The van der Waals surface area contributed by atoms with Crippen molar-refractivity contribution in [1.82, 2.24) is 0 Å².